The van der Waals surface area contributed by atoms with Crippen LogP contribution in [0.2, 0.25) is 5.02 Å². The molecule has 0 radical (unpaired) electrons. The molecule has 11 nitrogen and oxygen atoms in total. The van der Waals surface area contributed by atoms with Gasteiger partial charge in [0.25, 0.3) is 17.9 Å². The Morgan fingerprint density at radius 1 is 1.14 bits per heavy atom. The number of aromatic amines is 1. The van der Waals surface area contributed by atoms with E-state index in [-0.39, 0.29) is 84.7 Å². The van der Waals surface area contributed by atoms with Crippen molar-refractivity contribution in [3.63, 3.8) is 0 Å². The summed E-state index contributed by atoms with van der Waals surface area (Å²) in [6.45, 7) is -0.384. The molecule has 1 fully saturated rings. The van der Waals surface area contributed by atoms with E-state index in [9.17, 15) is 32.3 Å². The van der Waals surface area contributed by atoms with Crippen LogP contribution >= 0.6 is 11.6 Å². The SMILES string of the molecule is Cn1[nH]c(=O)c2c(Cl)ccc(-c3ccc(C#CC4(O)CCOCC4)nc3[C@H](Cc3cc(F)cc(F)c3)NC(=O)Cn3nc(C(F)F)c4c3C(F)(F)[C@@H](CCCC=N)C4)c21. The zero-order valence-corrected chi connectivity index (χ0v) is 32.3. The molecule has 2 aromatic carbocycles. The lowest BCUT2D eigenvalue weighted by molar-refractivity contribution is -0.123. The molecule has 7 rings (SSSR count). The Kier molecular flexibility index (Phi) is 11.8. The molecule has 1 aliphatic heterocycles. The topological polar surface area (TPSA) is 151 Å². The zero-order chi connectivity index (χ0) is 42.2. The zero-order valence-electron chi connectivity index (χ0n) is 31.5. The highest BCUT2D eigenvalue weighted by Crippen LogP contribution is 2.50. The van der Waals surface area contributed by atoms with Crippen LogP contribution in [0.15, 0.2) is 47.3 Å². The summed E-state index contributed by atoms with van der Waals surface area (Å²) in [6, 6.07) is 7.66. The molecule has 2 atom stereocenters. The molecule has 0 saturated carbocycles. The summed E-state index contributed by atoms with van der Waals surface area (Å²) in [5, 5.41) is 27.7. The second kappa shape index (κ2) is 16.7. The van der Waals surface area contributed by atoms with Crippen molar-refractivity contribution in [2.45, 2.75) is 75.5 Å². The van der Waals surface area contributed by atoms with Gasteiger partial charge in [-0.2, -0.15) is 13.9 Å². The molecule has 3 aromatic heterocycles. The molecule has 5 aromatic rings. The van der Waals surface area contributed by atoms with Gasteiger partial charge >= 0.3 is 0 Å². The second-order valence-corrected chi connectivity index (χ2v) is 15.2. The van der Waals surface area contributed by atoms with Crippen LogP contribution in [-0.4, -0.2) is 60.6 Å². The highest BCUT2D eigenvalue weighted by atomic mass is 35.5. The van der Waals surface area contributed by atoms with Crippen LogP contribution in [-0.2, 0) is 41.9 Å². The molecule has 1 amide bonds. The van der Waals surface area contributed by atoms with Crippen LogP contribution in [0.4, 0.5) is 26.3 Å². The molecule has 18 heteroatoms. The predicted molar refractivity (Wildman–Crippen MR) is 206 cm³/mol. The van der Waals surface area contributed by atoms with Crippen molar-refractivity contribution in [1.29, 1.82) is 5.41 Å². The number of aliphatic hydroxyl groups is 1. The van der Waals surface area contributed by atoms with Crippen molar-refractivity contribution in [1.82, 2.24) is 29.9 Å². The Bertz CT molecular complexity index is 2530. The number of ether oxygens (including phenoxy) is 1. The number of amides is 1. The lowest BCUT2D eigenvalue weighted by Crippen LogP contribution is -2.35. The van der Waals surface area contributed by atoms with Gasteiger partial charge in [-0.05, 0) is 80.1 Å². The van der Waals surface area contributed by atoms with Gasteiger partial charge in [-0.1, -0.05) is 23.6 Å². The fourth-order valence-corrected chi connectivity index (χ4v) is 8.16. The number of aryl methyl sites for hydroxylation is 1. The molecular weight excluding hydrogens is 804 g/mol. The number of carbonyl (C=O) groups excluding carboxylic acids is 1. The molecule has 2 aliphatic rings. The van der Waals surface area contributed by atoms with Gasteiger partial charge in [0.05, 0.1) is 40.9 Å². The van der Waals surface area contributed by atoms with Crippen molar-refractivity contribution in [2.24, 2.45) is 13.0 Å². The maximum absolute atomic E-state index is 16.0. The number of alkyl halides is 4. The number of benzene rings is 2. The Labute approximate surface area is 338 Å². The molecule has 59 heavy (non-hydrogen) atoms. The Balaban J connectivity index is 1.34. The predicted octanol–water partition coefficient (Wildman–Crippen LogP) is 7.07. The normalized spacial score (nSPS) is 17.4. The maximum Gasteiger partial charge on any atom is 0.292 e. The number of pyridine rings is 1. The van der Waals surface area contributed by atoms with Gasteiger partial charge < -0.3 is 20.6 Å². The van der Waals surface area contributed by atoms with E-state index in [1.807, 2.05) is 0 Å². The summed E-state index contributed by atoms with van der Waals surface area (Å²) in [7, 11) is 1.57. The first-order valence-electron chi connectivity index (χ1n) is 18.8. The fraction of sp³-hybridized carbons (Fsp3) is 0.390. The molecule has 310 valence electrons. The number of hydrogen-bond acceptors (Lipinski definition) is 7. The molecule has 1 aliphatic carbocycles. The first kappa shape index (κ1) is 41.7. The summed E-state index contributed by atoms with van der Waals surface area (Å²) >= 11 is 6.45. The van der Waals surface area contributed by atoms with Gasteiger partial charge in [-0.25, -0.2) is 22.5 Å². The van der Waals surface area contributed by atoms with Crippen molar-refractivity contribution in [2.75, 3.05) is 13.2 Å². The monoisotopic (exact) mass is 841 g/mol. The first-order valence-corrected chi connectivity index (χ1v) is 19.2. The average Bonchev–Trinajstić information content (AvgIpc) is 3.78. The second-order valence-electron chi connectivity index (χ2n) is 14.8. The summed E-state index contributed by atoms with van der Waals surface area (Å²) in [6.07, 6.45) is -1.98. The highest BCUT2D eigenvalue weighted by Gasteiger charge is 2.53. The van der Waals surface area contributed by atoms with Crippen LogP contribution in [0, 0.1) is 34.8 Å². The van der Waals surface area contributed by atoms with Gasteiger partial charge in [-0.3, -0.25) is 24.1 Å². The summed E-state index contributed by atoms with van der Waals surface area (Å²) in [4.78, 5) is 31.8. The number of carbonyl (C=O) groups is 1. The van der Waals surface area contributed by atoms with E-state index >= 15 is 8.78 Å². The molecule has 4 N–H and O–H groups in total. The van der Waals surface area contributed by atoms with E-state index in [2.05, 4.69) is 27.4 Å². The maximum atomic E-state index is 16.0. The number of aromatic nitrogens is 5. The molecule has 0 spiro atoms. The van der Waals surface area contributed by atoms with Crippen LogP contribution < -0.4 is 10.9 Å². The third-order valence-corrected chi connectivity index (χ3v) is 11.0. The summed E-state index contributed by atoms with van der Waals surface area (Å²) in [5.74, 6) is -2.08. The molecule has 1 saturated heterocycles. The van der Waals surface area contributed by atoms with Gasteiger partial charge in [0.2, 0.25) is 5.91 Å². The van der Waals surface area contributed by atoms with Crippen molar-refractivity contribution >= 4 is 34.6 Å². The largest absolute Gasteiger partial charge is 0.381 e. The summed E-state index contributed by atoms with van der Waals surface area (Å²) in [5.41, 5.74) is -2.63. The minimum absolute atomic E-state index is 0.0538. The van der Waals surface area contributed by atoms with E-state index in [0.29, 0.717) is 27.4 Å². The minimum atomic E-state index is -3.63. The van der Waals surface area contributed by atoms with Gasteiger partial charge in [0.15, 0.2) is 0 Å². The van der Waals surface area contributed by atoms with Gasteiger partial charge in [0.1, 0.15) is 40.9 Å². The standard InChI is InChI=1S/C41H38ClF6N7O4/c1-54-36-28(7-8-30(42)33(36)39(57)53-54)27-6-5-26(9-10-40(58)11-14-59-15-12-40)50-34(27)31(18-22-16-24(43)20-25(44)17-22)51-32(56)21-55-37-29(35(52-55)38(45)46)19-23(41(37,47)48)4-2-3-13-49/h5-8,13,16-17,20,23,31,38,49,58H,2-4,11-12,14-15,18-19,21H2,1H3,(H,51,56)(H,53,57)/t23-,31-/m0/s1. The lowest BCUT2D eigenvalue weighted by atomic mass is 9.93. The van der Waals surface area contributed by atoms with E-state index in [1.165, 1.54) is 10.7 Å². The number of hydrogen-bond donors (Lipinski definition) is 4. The van der Waals surface area contributed by atoms with Crippen molar-refractivity contribution in [3.8, 4) is 23.0 Å². The molecular formula is C41H38ClF6N7O4. The number of fused-ring (bicyclic) bond motifs is 2. The number of rotatable bonds is 12. The van der Waals surface area contributed by atoms with Crippen LogP contribution in [0.5, 0.6) is 0 Å². The fourth-order valence-electron chi connectivity index (χ4n) is 7.92. The third-order valence-electron chi connectivity index (χ3n) is 10.7. The number of unbranched alkanes of at least 4 members (excludes halogenated alkanes) is 1. The quantitative estimate of drug-likeness (QED) is 0.0457. The highest BCUT2D eigenvalue weighted by molar-refractivity contribution is 6.35. The van der Waals surface area contributed by atoms with Gasteiger partial charge in [-0.15, -0.1) is 0 Å². The Morgan fingerprint density at radius 3 is 2.54 bits per heavy atom. The number of nitrogens with zero attached hydrogens (tertiary/aromatic N) is 4. The van der Waals surface area contributed by atoms with E-state index in [1.54, 1.807) is 25.2 Å². The Morgan fingerprint density at radius 2 is 1.85 bits per heavy atom. The number of nitrogens with one attached hydrogen (secondary N) is 3. The number of halogens is 7. The van der Waals surface area contributed by atoms with E-state index in [0.717, 1.165) is 18.3 Å². The smallest absolute Gasteiger partial charge is 0.292 e. The molecule has 0 unspecified atom stereocenters. The van der Waals surface area contributed by atoms with Crippen LogP contribution in [0.25, 0.3) is 22.0 Å². The Hall–Kier alpha value is -5.44. The third kappa shape index (κ3) is 8.52. The van der Waals surface area contributed by atoms with Crippen molar-refractivity contribution < 1.29 is 41.0 Å². The first-order chi connectivity index (χ1) is 28.1. The van der Waals surface area contributed by atoms with Crippen LogP contribution in [0.1, 0.15) is 78.5 Å². The molecule has 4 heterocycles. The molecule has 0 bridgehead atoms. The van der Waals surface area contributed by atoms with E-state index in [4.69, 9.17) is 26.7 Å². The average molecular weight is 842 g/mol. The lowest BCUT2D eigenvalue weighted by Gasteiger charge is -2.26. The van der Waals surface area contributed by atoms with Crippen molar-refractivity contribution in [3.05, 3.63) is 103 Å². The van der Waals surface area contributed by atoms with Gasteiger partial charge in [0, 0.05) is 48.6 Å². The summed E-state index contributed by atoms with van der Waals surface area (Å²) < 4.78 is 97.0. The van der Waals surface area contributed by atoms with Crippen LogP contribution in [0.3, 0.4) is 0 Å². The minimum Gasteiger partial charge on any atom is -0.381 e. The van der Waals surface area contributed by atoms with E-state index < -0.39 is 77.4 Å². The number of H-pyrrole nitrogens is 1.